The number of benzene rings is 1. The summed E-state index contributed by atoms with van der Waals surface area (Å²) in [6.45, 7) is 7.68. The summed E-state index contributed by atoms with van der Waals surface area (Å²) in [4.78, 5) is 19.2. The predicted octanol–water partition coefficient (Wildman–Crippen LogP) is 2.95. The van der Waals surface area contributed by atoms with E-state index in [1.807, 2.05) is 24.1 Å². The summed E-state index contributed by atoms with van der Waals surface area (Å²) in [5, 5.41) is 14.3. The highest BCUT2D eigenvalue weighted by Crippen LogP contribution is 2.43. The van der Waals surface area contributed by atoms with Gasteiger partial charge < -0.3 is 14.9 Å². The van der Waals surface area contributed by atoms with Crippen molar-refractivity contribution in [2.45, 2.75) is 32.7 Å². The second-order valence-corrected chi connectivity index (χ2v) is 11.4. The van der Waals surface area contributed by atoms with E-state index in [1.165, 1.54) is 5.57 Å². The smallest absolute Gasteiger partial charge is 0.237 e. The first-order chi connectivity index (χ1) is 17.7. The number of hydrogen-bond donors (Lipinski definition) is 2. The van der Waals surface area contributed by atoms with E-state index in [4.69, 9.17) is 5.10 Å². The van der Waals surface area contributed by atoms with Gasteiger partial charge in [-0.05, 0) is 47.8 Å². The minimum absolute atomic E-state index is 0.0308. The zero-order valence-corrected chi connectivity index (χ0v) is 21.7. The van der Waals surface area contributed by atoms with Crippen LogP contribution < -0.4 is 5.43 Å². The summed E-state index contributed by atoms with van der Waals surface area (Å²) in [5.74, 6) is -0.159. The average Bonchev–Trinajstić information content (AvgIpc) is 3.45. The first-order valence-corrected chi connectivity index (χ1v) is 13.1. The fourth-order valence-corrected chi connectivity index (χ4v) is 6.59. The number of fused-ring (bicyclic) bond motifs is 2. The lowest BCUT2D eigenvalue weighted by molar-refractivity contribution is -0.134. The number of nitrogens with one attached hydrogen (secondary N) is 1. The first kappa shape index (κ1) is 24.1. The lowest BCUT2D eigenvalue weighted by atomic mass is 9.75. The van der Waals surface area contributed by atoms with Crippen molar-refractivity contribution in [3.05, 3.63) is 69.8 Å². The third-order valence-corrected chi connectivity index (χ3v) is 8.21. The number of nitrogens with zero attached hydrogens (tertiary/aromatic N) is 4. The summed E-state index contributed by atoms with van der Waals surface area (Å²) in [6, 6.07) is 3.13. The molecule has 1 saturated heterocycles. The number of carbonyl (C=O) groups excluding carboxylic acids is 1. The Morgan fingerprint density at radius 3 is 2.92 bits per heavy atom. The first-order valence-electron chi connectivity index (χ1n) is 13.1. The average molecular weight is 504 g/mol. The zero-order valence-electron chi connectivity index (χ0n) is 21.7. The van der Waals surface area contributed by atoms with Crippen LogP contribution in [0.5, 0.6) is 0 Å². The van der Waals surface area contributed by atoms with E-state index in [1.54, 1.807) is 12.1 Å². The highest BCUT2D eigenvalue weighted by Gasteiger charge is 2.38. The van der Waals surface area contributed by atoms with Crippen molar-refractivity contribution in [2.75, 3.05) is 46.4 Å². The molecule has 2 N–H and O–H groups in total. The molecule has 0 saturated carbocycles. The molecule has 0 radical (unpaired) electrons. The molecule has 4 aliphatic heterocycles. The van der Waals surface area contributed by atoms with Crippen LogP contribution in [0, 0.1) is 11.2 Å². The van der Waals surface area contributed by atoms with Crippen LogP contribution in [0.15, 0.2) is 52.4 Å². The molecule has 1 aliphatic carbocycles. The summed E-state index contributed by atoms with van der Waals surface area (Å²) in [5.41, 5.74) is 10.9. The zero-order chi connectivity index (χ0) is 25.9. The van der Waals surface area contributed by atoms with Crippen molar-refractivity contribution < 1.29 is 14.3 Å². The highest BCUT2D eigenvalue weighted by molar-refractivity contribution is 6.20. The van der Waals surface area contributed by atoms with Crippen LogP contribution >= 0.6 is 0 Å². The van der Waals surface area contributed by atoms with Gasteiger partial charge in [0.15, 0.2) is 0 Å². The topological polar surface area (TPSA) is 71.4 Å². The van der Waals surface area contributed by atoms with Gasteiger partial charge in [0.2, 0.25) is 5.91 Å². The van der Waals surface area contributed by atoms with E-state index < -0.39 is 0 Å². The minimum Gasteiger partial charge on any atom is -0.394 e. The Labute approximate surface area is 217 Å². The van der Waals surface area contributed by atoms with Gasteiger partial charge in [0.05, 0.1) is 30.6 Å². The third kappa shape index (κ3) is 4.12. The molecule has 8 heteroatoms. The molecule has 1 amide bonds. The van der Waals surface area contributed by atoms with Gasteiger partial charge >= 0.3 is 0 Å². The molecule has 194 valence electrons. The van der Waals surface area contributed by atoms with Crippen LogP contribution in [-0.2, 0) is 4.79 Å². The van der Waals surface area contributed by atoms with Gasteiger partial charge in [-0.15, -0.1) is 0 Å². The number of likely N-dealkylation sites (N-methyl/N-ethyl adjacent to an activating group) is 1. The van der Waals surface area contributed by atoms with Crippen molar-refractivity contribution in [3.63, 3.8) is 0 Å². The summed E-state index contributed by atoms with van der Waals surface area (Å²) in [6.07, 6.45) is 9.99. The van der Waals surface area contributed by atoms with Crippen molar-refractivity contribution in [2.24, 2.45) is 10.5 Å². The number of likely N-dealkylation sites (tertiary alicyclic amines) is 1. The van der Waals surface area contributed by atoms with Crippen molar-refractivity contribution in [1.82, 2.24) is 20.1 Å². The van der Waals surface area contributed by atoms with Crippen LogP contribution in [-0.4, -0.2) is 83.8 Å². The molecular formula is C29H34FN5O2. The van der Waals surface area contributed by atoms with Gasteiger partial charge in [-0.25, -0.2) is 4.39 Å². The van der Waals surface area contributed by atoms with Crippen LogP contribution in [0.25, 0.3) is 11.6 Å². The summed E-state index contributed by atoms with van der Waals surface area (Å²) in [7, 11) is 2.04. The van der Waals surface area contributed by atoms with Gasteiger partial charge in [0.25, 0.3) is 0 Å². The predicted molar refractivity (Wildman–Crippen MR) is 143 cm³/mol. The molecule has 1 aromatic rings. The monoisotopic (exact) mass is 503 g/mol. The molecule has 37 heavy (non-hydrogen) atoms. The summed E-state index contributed by atoms with van der Waals surface area (Å²) >= 11 is 0. The number of aliphatic hydroxyl groups excluding tert-OH is 1. The maximum atomic E-state index is 14.6. The number of hydrazone groups is 1. The Morgan fingerprint density at radius 2 is 2.14 bits per heavy atom. The number of aliphatic hydroxyl groups is 1. The van der Waals surface area contributed by atoms with E-state index in [-0.39, 0.29) is 29.8 Å². The normalized spacial score (nSPS) is 24.2. The SMILES string of the molecule is CN1C=C2C(=C(C3=CCN(CC(=O)N4CCC[C@H]4CO)CC3(C)C)C1)NN=C1C=Cc3cc(F)cc2c31. The molecule has 4 heterocycles. The van der Waals surface area contributed by atoms with E-state index >= 15 is 0 Å². The number of rotatable bonds is 4. The van der Waals surface area contributed by atoms with E-state index in [2.05, 4.69) is 41.3 Å². The number of allylic oxidation sites excluding steroid dienone is 2. The molecule has 0 bridgehead atoms. The molecule has 7 nitrogen and oxygen atoms in total. The molecular weight excluding hydrogens is 469 g/mol. The van der Waals surface area contributed by atoms with Crippen LogP contribution in [0.2, 0.25) is 0 Å². The second kappa shape index (κ2) is 8.96. The lowest BCUT2D eigenvalue weighted by Gasteiger charge is -2.42. The Bertz CT molecular complexity index is 1320. The maximum Gasteiger partial charge on any atom is 0.237 e. The Balaban J connectivity index is 1.33. The largest absolute Gasteiger partial charge is 0.394 e. The maximum absolute atomic E-state index is 14.6. The highest BCUT2D eigenvalue weighted by atomic mass is 19.1. The Morgan fingerprint density at radius 1 is 1.30 bits per heavy atom. The fourth-order valence-electron chi connectivity index (χ4n) is 6.59. The number of hydrogen-bond acceptors (Lipinski definition) is 6. The fraction of sp³-hybridized carbons (Fsp3) is 0.448. The standard InChI is InChI=1S/C29H34FN5O2/c1-29(2)17-34(15-26(37)35-9-4-5-20(35)16-36)10-8-24(29)23-14-33(3)13-22-21-12-19(30)11-18-6-7-25(27(18)21)31-32-28(22)23/h6-8,11-13,20,32,36H,4-5,9-10,14-17H2,1-3H3/t20-/m0/s1. The Kier molecular flexibility index (Phi) is 5.84. The molecule has 0 aromatic heterocycles. The van der Waals surface area contributed by atoms with E-state index in [9.17, 15) is 14.3 Å². The lowest BCUT2D eigenvalue weighted by Crippen LogP contribution is -2.48. The molecule has 0 unspecified atom stereocenters. The van der Waals surface area contributed by atoms with Crippen LogP contribution in [0.4, 0.5) is 4.39 Å². The number of halogens is 1. The molecule has 5 aliphatic rings. The van der Waals surface area contributed by atoms with Gasteiger partial charge in [0.1, 0.15) is 5.82 Å². The number of amides is 1. The minimum atomic E-state index is -0.254. The third-order valence-electron chi connectivity index (χ3n) is 8.21. The molecule has 0 spiro atoms. The van der Waals surface area contributed by atoms with Gasteiger partial charge in [-0.3, -0.25) is 15.1 Å². The molecule has 6 rings (SSSR count). The Hall–Kier alpha value is -3.23. The van der Waals surface area contributed by atoms with Crippen molar-refractivity contribution >= 4 is 23.3 Å². The molecule has 1 atom stereocenters. The van der Waals surface area contributed by atoms with Crippen molar-refractivity contribution in [1.29, 1.82) is 0 Å². The summed E-state index contributed by atoms with van der Waals surface area (Å²) < 4.78 is 14.6. The van der Waals surface area contributed by atoms with Crippen LogP contribution in [0.3, 0.4) is 0 Å². The van der Waals surface area contributed by atoms with Crippen molar-refractivity contribution in [3.8, 4) is 0 Å². The van der Waals surface area contributed by atoms with E-state index in [0.29, 0.717) is 19.6 Å². The van der Waals surface area contributed by atoms with Gasteiger partial charge in [-0.1, -0.05) is 26.0 Å². The van der Waals surface area contributed by atoms with Gasteiger partial charge in [-0.2, -0.15) is 5.10 Å². The van der Waals surface area contributed by atoms with Gasteiger partial charge in [0, 0.05) is 61.6 Å². The number of carbonyl (C=O) groups is 1. The molecule has 1 aromatic carbocycles. The quantitative estimate of drug-likeness (QED) is 0.661. The second-order valence-electron chi connectivity index (χ2n) is 11.4. The molecule has 1 fully saturated rings. The van der Waals surface area contributed by atoms with E-state index in [0.717, 1.165) is 65.2 Å². The van der Waals surface area contributed by atoms with Crippen LogP contribution in [0.1, 0.15) is 43.4 Å².